The Balaban J connectivity index is 1.79. The lowest BCUT2D eigenvalue weighted by atomic mass is 10.1. The second-order valence-electron chi connectivity index (χ2n) is 6.45. The Morgan fingerprint density at radius 1 is 1.07 bits per heavy atom. The van der Waals surface area contributed by atoms with Crippen molar-refractivity contribution in [3.8, 4) is 11.3 Å². The first-order valence-corrected chi connectivity index (χ1v) is 10.4. The highest BCUT2D eigenvalue weighted by Gasteiger charge is 2.16. The van der Waals surface area contributed by atoms with Crippen molar-refractivity contribution in [2.45, 2.75) is 6.54 Å². The van der Waals surface area contributed by atoms with Crippen LogP contribution in [0.5, 0.6) is 0 Å². The van der Waals surface area contributed by atoms with E-state index in [9.17, 15) is 9.59 Å². The molecule has 0 fully saturated rings. The van der Waals surface area contributed by atoms with Gasteiger partial charge in [0, 0.05) is 29.9 Å². The van der Waals surface area contributed by atoms with Gasteiger partial charge in [-0.05, 0) is 29.8 Å². The molecule has 1 heterocycles. The maximum atomic E-state index is 12.9. The molecule has 0 saturated heterocycles. The van der Waals surface area contributed by atoms with Gasteiger partial charge in [0.05, 0.1) is 10.5 Å². The van der Waals surface area contributed by atoms with Gasteiger partial charge >= 0.3 is 5.97 Å². The number of hydrogen-bond acceptors (Lipinski definition) is 5. The van der Waals surface area contributed by atoms with Crippen LogP contribution in [-0.2, 0) is 11.3 Å². The molecule has 1 aromatic heterocycles. The van der Waals surface area contributed by atoms with Crippen LogP contribution >= 0.6 is 24.0 Å². The van der Waals surface area contributed by atoms with Crippen LogP contribution in [-0.4, -0.2) is 33.6 Å². The predicted molar refractivity (Wildman–Crippen MR) is 123 cm³/mol. The molecule has 3 rings (SSSR count). The van der Waals surface area contributed by atoms with Crippen LogP contribution in [0.2, 0.25) is 0 Å². The average molecular weight is 438 g/mol. The van der Waals surface area contributed by atoms with Crippen molar-refractivity contribution in [1.29, 1.82) is 0 Å². The Morgan fingerprint density at radius 3 is 2.40 bits per heavy atom. The van der Waals surface area contributed by atoms with Gasteiger partial charge in [-0.25, -0.2) is 4.79 Å². The van der Waals surface area contributed by atoms with E-state index in [0.717, 1.165) is 22.9 Å². The monoisotopic (exact) mass is 437 g/mol. The number of carboxylic acid groups (broad SMARTS) is 1. The Labute approximate surface area is 184 Å². The number of furan rings is 1. The summed E-state index contributed by atoms with van der Waals surface area (Å²) in [6, 6.07) is 19.7. The van der Waals surface area contributed by atoms with E-state index in [2.05, 4.69) is 0 Å². The van der Waals surface area contributed by atoms with E-state index >= 15 is 0 Å². The fourth-order valence-corrected chi connectivity index (χ4v) is 3.66. The fourth-order valence-electron chi connectivity index (χ4n) is 2.81. The lowest BCUT2D eigenvalue weighted by Crippen LogP contribution is -2.26. The van der Waals surface area contributed by atoms with E-state index in [1.54, 1.807) is 42.3 Å². The normalized spacial score (nSPS) is 11.2. The standard InChI is InChI=1S/C23H19NO4S2/c1-24(14-16-5-3-2-4-6-16)22(25)21(30-15-29)13-19-11-12-20(28-19)17-7-9-18(10-8-17)23(26)27/h2-13,15H,14H2,1H3,(H,26,27)/b21-13-. The minimum atomic E-state index is -0.982. The van der Waals surface area contributed by atoms with Gasteiger partial charge in [-0.1, -0.05) is 66.4 Å². The maximum absolute atomic E-state index is 12.9. The second kappa shape index (κ2) is 10.0. The molecule has 3 aromatic rings. The Kier molecular flexibility index (Phi) is 7.21. The van der Waals surface area contributed by atoms with E-state index < -0.39 is 5.97 Å². The van der Waals surface area contributed by atoms with Crippen LogP contribution in [0.1, 0.15) is 21.7 Å². The maximum Gasteiger partial charge on any atom is 0.335 e. The first-order chi connectivity index (χ1) is 14.5. The summed E-state index contributed by atoms with van der Waals surface area (Å²) in [6.07, 6.45) is 1.66. The van der Waals surface area contributed by atoms with Gasteiger partial charge < -0.3 is 14.4 Å². The van der Waals surface area contributed by atoms with Gasteiger partial charge in [-0.2, -0.15) is 0 Å². The van der Waals surface area contributed by atoms with Crippen LogP contribution < -0.4 is 0 Å². The van der Waals surface area contributed by atoms with Gasteiger partial charge in [-0.15, -0.1) is 0 Å². The number of rotatable bonds is 8. The van der Waals surface area contributed by atoms with Crippen LogP contribution in [0.3, 0.4) is 0 Å². The van der Waals surface area contributed by atoms with Gasteiger partial charge in [0.15, 0.2) is 0 Å². The van der Waals surface area contributed by atoms with Crippen molar-refractivity contribution in [2.75, 3.05) is 7.05 Å². The molecule has 0 spiro atoms. The smallest absolute Gasteiger partial charge is 0.335 e. The fraction of sp³-hybridized carbons (Fsp3) is 0.0870. The summed E-state index contributed by atoms with van der Waals surface area (Å²) in [6.45, 7) is 0.480. The zero-order chi connectivity index (χ0) is 21.5. The molecule has 2 aromatic carbocycles. The number of thiocarbonyl (C=S) groups is 1. The summed E-state index contributed by atoms with van der Waals surface area (Å²) >= 11 is 6.11. The molecule has 0 aliphatic carbocycles. The highest BCUT2D eigenvalue weighted by Crippen LogP contribution is 2.26. The number of carboxylic acids is 1. The molecular formula is C23H19NO4S2. The Hall–Kier alpha value is -3.16. The number of carbonyl (C=O) groups is 2. The van der Waals surface area contributed by atoms with Crippen molar-refractivity contribution >= 4 is 46.6 Å². The quantitative estimate of drug-likeness (QED) is 0.379. The zero-order valence-electron chi connectivity index (χ0n) is 16.1. The molecule has 0 atom stereocenters. The Bertz CT molecular complexity index is 1070. The van der Waals surface area contributed by atoms with Gasteiger partial charge in [-0.3, -0.25) is 4.79 Å². The zero-order valence-corrected chi connectivity index (χ0v) is 17.8. The third-order valence-electron chi connectivity index (χ3n) is 4.31. The lowest BCUT2D eigenvalue weighted by Gasteiger charge is -2.18. The van der Waals surface area contributed by atoms with E-state index in [-0.39, 0.29) is 11.5 Å². The van der Waals surface area contributed by atoms with Crippen molar-refractivity contribution in [2.24, 2.45) is 0 Å². The number of nitrogens with zero attached hydrogens (tertiary/aromatic N) is 1. The molecule has 0 saturated carbocycles. The summed E-state index contributed by atoms with van der Waals surface area (Å²) in [4.78, 5) is 26.0. The van der Waals surface area contributed by atoms with E-state index in [1.807, 2.05) is 30.3 Å². The predicted octanol–water partition coefficient (Wildman–Crippen LogP) is 5.33. The van der Waals surface area contributed by atoms with Gasteiger partial charge in [0.1, 0.15) is 11.5 Å². The molecule has 0 radical (unpaired) electrons. The van der Waals surface area contributed by atoms with Gasteiger partial charge in [0.2, 0.25) is 0 Å². The molecule has 152 valence electrons. The second-order valence-corrected chi connectivity index (χ2v) is 7.90. The summed E-state index contributed by atoms with van der Waals surface area (Å²) in [7, 11) is 1.74. The van der Waals surface area contributed by atoms with Gasteiger partial charge in [0.25, 0.3) is 5.91 Å². The van der Waals surface area contributed by atoms with Crippen LogP contribution in [0, 0.1) is 0 Å². The van der Waals surface area contributed by atoms with E-state index in [0.29, 0.717) is 23.0 Å². The molecular weight excluding hydrogens is 418 g/mol. The third-order valence-corrected chi connectivity index (χ3v) is 5.24. The van der Waals surface area contributed by atoms with Crippen LogP contribution in [0.4, 0.5) is 0 Å². The van der Waals surface area contributed by atoms with Crippen molar-refractivity contribution < 1.29 is 19.1 Å². The topological polar surface area (TPSA) is 70.8 Å². The minimum absolute atomic E-state index is 0.159. The molecule has 0 aliphatic heterocycles. The molecule has 1 amide bonds. The van der Waals surface area contributed by atoms with Crippen LogP contribution in [0.25, 0.3) is 17.4 Å². The minimum Gasteiger partial charge on any atom is -0.478 e. The average Bonchev–Trinajstić information content (AvgIpc) is 3.22. The number of likely N-dealkylation sites (N-methyl/N-ethyl adjacent to an activating group) is 1. The molecule has 1 N–H and O–H groups in total. The molecule has 0 aliphatic rings. The largest absolute Gasteiger partial charge is 0.478 e. The third kappa shape index (κ3) is 5.46. The molecule has 7 heteroatoms. The number of aromatic carboxylic acids is 1. The van der Waals surface area contributed by atoms with Crippen molar-refractivity contribution in [3.63, 3.8) is 0 Å². The highest BCUT2D eigenvalue weighted by atomic mass is 32.2. The summed E-state index contributed by atoms with van der Waals surface area (Å²) in [5.41, 5.74) is 1.98. The summed E-state index contributed by atoms with van der Waals surface area (Å²) in [5, 5.41) is 9.01. The summed E-state index contributed by atoms with van der Waals surface area (Å²) < 4.78 is 7.28. The number of amides is 1. The van der Waals surface area contributed by atoms with Crippen LogP contribution in [0.15, 0.2) is 76.1 Å². The number of thioether (sulfide) groups is 1. The highest BCUT2D eigenvalue weighted by molar-refractivity contribution is 8.24. The molecule has 0 unspecified atom stereocenters. The molecule has 30 heavy (non-hydrogen) atoms. The van der Waals surface area contributed by atoms with Crippen molar-refractivity contribution in [3.05, 3.63) is 88.5 Å². The van der Waals surface area contributed by atoms with E-state index in [1.165, 1.54) is 16.8 Å². The number of carbonyl (C=O) groups excluding carboxylic acids is 1. The Morgan fingerprint density at radius 2 is 1.77 bits per heavy atom. The molecule has 0 bridgehead atoms. The lowest BCUT2D eigenvalue weighted by molar-refractivity contribution is -0.125. The van der Waals surface area contributed by atoms with Crippen molar-refractivity contribution in [1.82, 2.24) is 4.90 Å². The molecule has 5 nitrogen and oxygen atoms in total. The first kappa shape index (κ1) is 21.5. The number of hydrogen-bond donors (Lipinski definition) is 1. The van der Waals surface area contributed by atoms with E-state index in [4.69, 9.17) is 21.7 Å². The number of benzene rings is 2. The summed E-state index contributed by atoms with van der Waals surface area (Å²) in [5.74, 6) is -0.0543. The SMILES string of the molecule is CN(Cc1ccccc1)C(=O)/C(=C/c1ccc(-c2ccc(C(=O)O)cc2)o1)SC=S. The first-order valence-electron chi connectivity index (χ1n) is 9.03.